The van der Waals surface area contributed by atoms with E-state index in [0.29, 0.717) is 26.1 Å². The molecular formula is C18H24N4O3. The standard InChI is InChI=1S/C18H24N4O3/c23-16(21-9-3-4-10-21)6-8-20-18(25)14-11-17(24)22(12-14)13-15-5-1-2-7-19-15/h1-2,5,7,14H,3-4,6,8-13H2,(H,20,25). The second-order valence-corrected chi connectivity index (χ2v) is 6.63. The van der Waals surface area contributed by atoms with Crippen LogP contribution in [0.1, 0.15) is 31.4 Å². The largest absolute Gasteiger partial charge is 0.355 e. The van der Waals surface area contributed by atoms with E-state index < -0.39 is 0 Å². The first kappa shape index (κ1) is 17.4. The van der Waals surface area contributed by atoms with Gasteiger partial charge in [0.05, 0.1) is 18.2 Å². The third-order valence-corrected chi connectivity index (χ3v) is 4.76. The van der Waals surface area contributed by atoms with Crippen LogP contribution in [0.3, 0.4) is 0 Å². The maximum Gasteiger partial charge on any atom is 0.225 e. The van der Waals surface area contributed by atoms with Crippen LogP contribution in [0.2, 0.25) is 0 Å². The molecule has 3 amide bonds. The van der Waals surface area contributed by atoms with Crippen molar-refractivity contribution in [2.75, 3.05) is 26.2 Å². The summed E-state index contributed by atoms with van der Waals surface area (Å²) >= 11 is 0. The third kappa shape index (κ3) is 4.55. The Bertz CT molecular complexity index is 628. The van der Waals surface area contributed by atoms with Gasteiger partial charge >= 0.3 is 0 Å². The minimum atomic E-state index is -0.349. The molecule has 1 unspecified atom stereocenters. The highest BCUT2D eigenvalue weighted by atomic mass is 16.2. The Labute approximate surface area is 147 Å². The van der Waals surface area contributed by atoms with Crippen molar-refractivity contribution in [1.29, 1.82) is 0 Å². The van der Waals surface area contributed by atoms with Crippen LogP contribution < -0.4 is 5.32 Å². The van der Waals surface area contributed by atoms with Gasteiger partial charge in [0.15, 0.2) is 0 Å². The van der Waals surface area contributed by atoms with E-state index in [9.17, 15) is 14.4 Å². The van der Waals surface area contributed by atoms with E-state index in [-0.39, 0.29) is 30.1 Å². The van der Waals surface area contributed by atoms with Gasteiger partial charge in [0.25, 0.3) is 0 Å². The molecule has 1 aromatic heterocycles. The van der Waals surface area contributed by atoms with Crippen molar-refractivity contribution in [2.24, 2.45) is 5.92 Å². The molecule has 2 aliphatic heterocycles. The SMILES string of the molecule is O=C(NCCC(=O)N1CCCC1)C1CC(=O)N(Cc2ccccn2)C1. The molecular weight excluding hydrogens is 320 g/mol. The van der Waals surface area contributed by atoms with Gasteiger partial charge in [-0.2, -0.15) is 0 Å². The van der Waals surface area contributed by atoms with Crippen molar-refractivity contribution < 1.29 is 14.4 Å². The van der Waals surface area contributed by atoms with Crippen LogP contribution in [0.5, 0.6) is 0 Å². The molecule has 0 aliphatic carbocycles. The fraction of sp³-hybridized carbons (Fsp3) is 0.556. The molecule has 2 fully saturated rings. The Morgan fingerprint density at radius 3 is 2.76 bits per heavy atom. The summed E-state index contributed by atoms with van der Waals surface area (Å²) in [5.41, 5.74) is 0.813. The Hall–Kier alpha value is -2.44. The predicted molar refractivity (Wildman–Crippen MR) is 91.2 cm³/mol. The zero-order chi connectivity index (χ0) is 17.6. The first-order chi connectivity index (χ1) is 12.1. The lowest BCUT2D eigenvalue weighted by atomic mass is 10.1. The second-order valence-electron chi connectivity index (χ2n) is 6.63. The highest BCUT2D eigenvalue weighted by Crippen LogP contribution is 2.19. The Morgan fingerprint density at radius 2 is 2.04 bits per heavy atom. The average Bonchev–Trinajstić information content (AvgIpc) is 3.26. The molecule has 7 heteroatoms. The van der Waals surface area contributed by atoms with Crippen molar-refractivity contribution in [3.8, 4) is 0 Å². The molecule has 0 bridgehead atoms. The monoisotopic (exact) mass is 344 g/mol. The quantitative estimate of drug-likeness (QED) is 0.817. The zero-order valence-corrected chi connectivity index (χ0v) is 14.3. The van der Waals surface area contributed by atoms with E-state index in [1.807, 2.05) is 23.1 Å². The molecule has 3 heterocycles. The fourth-order valence-corrected chi connectivity index (χ4v) is 3.35. The Balaban J connectivity index is 1.42. The number of hydrogen-bond acceptors (Lipinski definition) is 4. The lowest BCUT2D eigenvalue weighted by molar-refractivity contribution is -0.131. The summed E-state index contributed by atoms with van der Waals surface area (Å²) in [6.07, 6.45) is 4.36. The first-order valence-corrected chi connectivity index (χ1v) is 8.86. The highest BCUT2D eigenvalue weighted by Gasteiger charge is 2.34. The fourth-order valence-electron chi connectivity index (χ4n) is 3.35. The smallest absolute Gasteiger partial charge is 0.225 e. The summed E-state index contributed by atoms with van der Waals surface area (Å²) in [5, 5.41) is 2.80. The minimum Gasteiger partial charge on any atom is -0.355 e. The number of nitrogens with one attached hydrogen (secondary N) is 1. The first-order valence-electron chi connectivity index (χ1n) is 8.86. The van der Waals surface area contributed by atoms with E-state index in [4.69, 9.17) is 0 Å². The molecule has 0 aromatic carbocycles. The van der Waals surface area contributed by atoms with Crippen LogP contribution in [0, 0.1) is 5.92 Å². The molecule has 0 saturated carbocycles. The summed E-state index contributed by atoms with van der Waals surface area (Å²) in [6, 6.07) is 5.57. The normalized spacial score (nSPS) is 20.2. The van der Waals surface area contributed by atoms with Crippen molar-refractivity contribution in [3.05, 3.63) is 30.1 Å². The van der Waals surface area contributed by atoms with Gasteiger partial charge < -0.3 is 15.1 Å². The molecule has 2 aliphatic rings. The number of carbonyl (C=O) groups excluding carboxylic acids is 3. The molecule has 25 heavy (non-hydrogen) atoms. The lowest BCUT2D eigenvalue weighted by Gasteiger charge is -2.17. The predicted octanol–water partition coefficient (Wildman–Crippen LogP) is 0.559. The van der Waals surface area contributed by atoms with E-state index in [0.717, 1.165) is 31.6 Å². The van der Waals surface area contributed by atoms with Crippen molar-refractivity contribution in [3.63, 3.8) is 0 Å². The maximum atomic E-state index is 12.3. The van der Waals surface area contributed by atoms with E-state index in [1.165, 1.54) is 0 Å². The van der Waals surface area contributed by atoms with Gasteiger partial charge in [-0.3, -0.25) is 19.4 Å². The summed E-state index contributed by atoms with van der Waals surface area (Å²) in [4.78, 5) is 44.1. The Morgan fingerprint density at radius 1 is 1.24 bits per heavy atom. The number of nitrogens with zero attached hydrogens (tertiary/aromatic N) is 3. The topological polar surface area (TPSA) is 82.6 Å². The van der Waals surface area contributed by atoms with Crippen LogP contribution in [-0.4, -0.2) is 58.7 Å². The van der Waals surface area contributed by atoms with Gasteiger partial charge in [-0.1, -0.05) is 6.07 Å². The molecule has 1 aromatic rings. The second kappa shape index (κ2) is 8.09. The van der Waals surface area contributed by atoms with Gasteiger partial charge in [-0.25, -0.2) is 0 Å². The van der Waals surface area contributed by atoms with Crippen molar-refractivity contribution in [1.82, 2.24) is 20.1 Å². The van der Waals surface area contributed by atoms with E-state index in [2.05, 4.69) is 10.3 Å². The maximum absolute atomic E-state index is 12.3. The van der Waals surface area contributed by atoms with Crippen molar-refractivity contribution in [2.45, 2.75) is 32.2 Å². The molecule has 1 atom stereocenters. The number of hydrogen-bond donors (Lipinski definition) is 1. The van der Waals surface area contributed by atoms with Crippen LogP contribution in [-0.2, 0) is 20.9 Å². The van der Waals surface area contributed by atoms with Crippen LogP contribution in [0.4, 0.5) is 0 Å². The highest BCUT2D eigenvalue weighted by molar-refractivity contribution is 5.89. The van der Waals surface area contributed by atoms with Crippen LogP contribution in [0.15, 0.2) is 24.4 Å². The molecule has 134 valence electrons. The minimum absolute atomic E-state index is 0.0288. The van der Waals surface area contributed by atoms with Gasteiger partial charge in [-0.15, -0.1) is 0 Å². The van der Waals surface area contributed by atoms with Crippen molar-refractivity contribution >= 4 is 17.7 Å². The number of pyridine rings is 1. The van der Waals surface area contributed by atoms with Gasteiger partial charge in [-0.05, 0) is 25.0 Å². The number of aromatic nitrogens is 1. The number of amides is 3. The summed E-state index contributed by atoms with van der Waals surface area (Å²) in [5.74, 6) is -0.430. The van der Waals surface area contributed by atoms with Crippen LogP contribution in [0.25, 0.3) is 0 Å². The summed E-state index contributed by atoms with van der Waals surface area (Å²) in [7, 11) is 0. The molecule has 7 nitrogen and oxygen atoms in total. The number of carbonyl (C=O) groups is 3. The number of likely N-dealkylation sites (tertiary alicyclic amines) is 2. The summed E-state index contributed by atoms with van der Waals surface area (Å²) < 4.78 is 0. The van der Waals surface area contributed by atoms with Gasteiger partial charge in [0.2, 0.25) is 17.7 Å². The Kier molecular flexibility index (Phi) is 5.63. The average molecular weight is 344 g/mol. The molecule has 2 saturated heterocycles. The van der Waals surface area contributed by atoms with Gasteiger partial charge in [0.1, 0.15) is 0 Å². The number of rotatable bonds is 6. The molecule has 0 radical (unpaired) electrons. The van der Waals surface area contributed by atoms with E-state index in [1.54, 1.807) is 11.1 Å². The van der Waals surface area contributed by atoms with E-state index >= 15 is 0 Å². The van der Waals surface area contributed by atoms with Gasteiger partial charge in [0, 0.05) is 45.2 Å². The molecule has 0 spiro atoms. The van der Waals surface area contributed by atoms with Crippen LogP contribution >= 0.6 is 0 Å². The summed E-state index contributed by atoms with van der Waals surface area (Å²) in [6.45, 7) is 2.82. The zero-order valence-electron chi connectivity index (χ0n) is 14.3. The molecule has 1 N–H and O–H groups in total. The molecule has 3 rings (SSSR count). The third-order valence-electron chi connectivity index (χ3n) is 4.76. The lowest BCUT2D eigenvalue weighted by Crippen LogP contribution is -2.36.